The van der Waals surface area contributed by atoms with Crippen molar-refractivity contribution in [2.24, 2.45) is 4.99 Å². The zero-order valence-electron chi connectivity index (χ0n) is 14.7. The Morgan fingerprint density at radius 2 is 1.31 bits per heavy atom. The average molecular weight is 376 g/mol. The number of hydrogen-bond donors (Lipinski definition) is 0. The molecule has 0 radical (unpaired) electrons. The molecule has 0 heterocycles. The highest BCUT2D eigenvalue weighted by Gasteiger charge is 2.09. The zero-order chi connectivity index (χ0) is 18.0. The summed E-state index contributed by atoms with van der Waals surface area (Å²) in [5.74, 6) is 0. The summed E-state index contributed by atoms with van der Waals surface area (Å²) in [4.78, 5) is 7.37. The third kappa shape index (κ3) is 5.65. The lowest BCUT2D eigenvalue weighted by Gasteiger charge is -2.10. The van der Waals surface area contributed by atoms with Gasteiger partial charge in [0.1, 0.15) is 5.04 Å². The van der Waals surface area contributed by atoms with Crippen molar-refractivity contribution in [1.82, 2.24) is 0 Å². The molecule has 0 bridgehead atoms. The average Bonchev–Trinajstić information content (AvgIpc) is 2.71. The summed E-state index contributed by atoms with van der Waals surface area (Å²) in [6.45, 7) is 2.18. The lowest BCUT2D eigenvalue weighted by atomic mass is 10.2. The monoisotopic (exact) mass is 375 g/mol. The van der Waals surface area contributed by atoms with E-state index in [4.69, 9.17) is 4.99 Å². The second-order valence-corrected chi connectivity index (χ2v) is 7.60. The fraction of sp³-hybridized carbons (Fsp3) is 0.0870. The normalized spacial score (nSPS) is 12.2. The van der Waals surface area contributed by atoms with E-state index in [9.17, 15) is 0 Å². The maximum atomic E-state index is 4.94. The molecule has 0 aliphatic carbocycles. The molecule has 0 atom stereocenters. The van der Waals surface area contributed by atoms with E-state index in [1.165, 1.54) is 15.4 Å². The number of benzene rings is 3. The van der Waals surface area contributed by atoms with Gasteiger partial charge in [-0.3, -0.25) is 0 Å². The van der Waals surface area contributed by atoms with Crippen LogP contribution in [0.15, 0.2) is 117 Å². The number of thioether (sulfide) groups is 2. The molecule has 0 saturated heterocycles. The molecule has 3 aromatic rings. The van der Waals surface area contributed by atoms with Gasteiger partial charge < -0.3 is 0 Å². The van der Waals surface area contributed by atoms with Gasteiger partial charge in [-0.15, -0.1) is 0 Å². The number of nitrogens with zero attached hydrogens (tertiary/aromatic N) is 1. The van der Waals surface area contributed by atoms with Crippen molar-refractivity contribution in [3.63, 3.8) is 0 Å². The Morgan fingerprint density at radius 1 is 0.769 bits per heavy atom. The first-order valence-electron chi connectivity index (χ1n) is 8.63. The van der Waals surface area contributed by atoms with E-state index in [1.54, 1.807) is 23.5 Å². The minimum atomic E-state index is 0.936. The van der Waals surface area contributed by atoms with Crippen LogP contribution in [-0.4, -0.2) is 5.04 Å². The van der Waals surface area contributed by atoms with Gasteiger partial charge in [0.05, 0.1) is 5.69 Å². The van der Waals surface area contributed by atoms with Gasteiger partial charge in [0.2, 0.25) is 0 Å². The summed E-state index contributed by atoms with van der Waals surface area (Å²) < 4.78 is 0. The van der Waals surface area contributed by atoms with Gasteiger partial charge >= 0.3 is 0 Å². The van der Waals surface area contributed by atoms with Crippen LogP contribution < -0.4 is 0 Å². The van der Waals surface area contributed by atoms with Gasteiger partial charge in [0.25, 0.3) is 0 Å². The van der Waals surface area contributed by atoms with Gasteiger partial charge in [0.15, 0.2) is 0 Å². The molecular formula is C23H21NS2. The SMILES string of the molecule is CCC(=CSc1ccccc1)C(=Nc1ccccc1)Sc1ccccc1. The van der Waals surface area contributed by atoms with Gasteiger partial charge in [-0.2, -0.15) is 0 Å². The van der Waals surface area contributed by atoms with E-state index in [0.29, 0.717) is 0 Å². The van der Waals surface area contributed by atoms with Crippen LogP contribution in [0.25, 0.3) is 0 Å². The minimum Gasteiger partial charge on any atom is -0.241 e. The van der Waals surface area contributed by atoms with E-state index < -0.39 is 0 Å². The molecule has 3 aromatic carbocycles. The predicted octanol–water partition coefficient (Wildman–Crippen LogP) is 7.60. The van der Waals surface area contributed by atoms with Gasteiger partial charge in [-0.1, -0.05) is 85.0 Å². The Labute approximate surface area is 164 Å². The largest absolute Gasteiger partial charge is 0.241 e. The number of para-hydroxylation sites is 1. The molecule has 0 amide bonds. The second-order valence-electron chi connectivity index (χ2n) is 5.60. The molecule has 3 heteroatoms. The number of hydrogen-bond acceptors (Lipinski definition) is 3. The molecule has 26 heavy (non-hydrogen) atoms. The Bertz CT molecular complexity index is 856. The van der Waals surface area contributed by atoms with E-state index >= 15 is 0 Å². The molecule has 0 aliphatic rings. The molecule has 130 valence electrons. The molecule has 0 N–H and O–H groups in total. The molecule has 0 saturated carbocycles. The predicted molar refractivity (Wildman–Crippen MR) is 117 cm³/mol. The first-order chi connectivity index (χ1) is 12.8. The topological polar surface area (TPSA) is 12.4 Å². The van der Waals surface area contributed by atoms with E-state index in [1.807, 2.05) is 42.5 Å². The molecule has 0 aromatic heterocycles. The van der Waals surface area contributed by atoms with Crippen LogP contribution in [0, 0.1) is 0 Å². The van der Waals surface area contributed by atoms with Crippen LogP contribution in [-0.2, 0) is 0 Å². The Hall–Kier alpha value is -2.23. The number of rotatable bonds is 6. The molecule has 0 fully saturated rings. The van der Waals surface area contributed by atoms with Gasteiger partial charge in [-0.05, 0) is 53.8 Å². The molecule has 1 nitrogen and oxygen atoms in total. The van der Waals surface area contributed by atoms with E-state index in [-0.39, 0.29) is 0 Å². The molecule has 3 rings (SSSR count). The molecule has 0 spiro atoms. The van der Waals surface area contributed by atoms with Crippen LogP contribution in [0.3, 0.4) is 0 Å². The Balaban J connectivity index is 1.91. The highest BCUT2D eigenvalue weighted by Crippen LogP contribution is 2.30. The van der Waals surface area contributed by atoms with Gasteiger partial charge in [0, 0.05) is 9.79 Å². The van der Waals surface area contributed by atoms with Crippen LogP contribution in [0.5, 0.6) is 0 Å². The van der Waals surface area contributed by atoms with Crippen molar-refractivity contribution in [2.75, 3.05) is 0 Å². The zero-order valence-corrected chi connectivity index (χ0v) is 16.3. The maximum absolute atomic E-state index is 4.94. The van der Waals surface area contributed by atoms with Crippen molar-refractivity contribution in [3.05, 3.63) is 102 Å². The van der Waals surface area contributed by atoms with Crippen molar-refractivity contribution >= 4 is 34.3 Å². The third-order valence-corrected chi connectivity index (χ3v) is 5.68. The fourth-order valence-corrected chi connectivity index (χ4v) is 4.25. The summed E-state index contributed by atoms with van der Waals surface area (Å²) in [7, 11) is 0. The first-order valence-corrected chi connectivity index (χ1v) is 10.3. The van der Waals surface area contributed by atoms with Crippen molar-refractivity contribution in [1.29, 1.82) is 0 Å². The van der Waals surface area contributed by atoms with E-state index in [2.05, 4.69) is 60.9 Å². The summed E-state index contributed by atoms with van der Waals surface area (Å²) in [6.07, 6.45) is 0.936. The van der Waals surface area contributed by atoms with Crippen LogP contribution in [0.4, 0.5) is 5.69 Å². The first kappa shape index (κ1) is 18.6. The highest BCUT2D eigenvalue weighted by atomic mass is 32.2. The van der Waals surface area contributed by atoms with Crippen LogP contribution in [0.2, 0.25) is 0 Å². The summed E-state index contributed by atoms with van der Waals surface area (Å²) in [6, 6.07) is 31.0. The fourth-order valence-electron chi connectivity index (χ4n) is 2.30. The summed E-state index contributed by atoms with van der Waals surface area (Å²) in [5.41, 5.74) is 2.23. The maximum Gasteiger partial charge on any atom is 0.105 e. The van der Waals surface area contributed by atoms with Crippen molar-refractivity contribution < 1.29 is 0 Å². The summed E-state index contributed by atoms with van der Waals surface area (Å²) in [5, 5.41) is 3.28. The standard InChI is InChI=1S/C23H21NS2/c1-2-19(18-25-21-14-8-4-9-15-21)23(24-20-12-6-3-7-13-20)26-22-16-10-5-11-17-22/h3-18H,2H2,1H3. The number of aliphatic imine (C=N–C) groups is 1. The molecule has 0 aliphatic heterocycles. The minimum absolute atomic E-state index is 0.936. The van der Waals surface area contributed by atoms with Crippen molar-refractivity contribution in [2.45, 2.75) is 23.1 Å². The van der Waals surface area contributed by atoms with Crippen LogP contribution in [0.1, 0.15) is 13.3 Å². The third-order valence-electron chi connectivity index (χ3n) is 3.68. The lowest BCUT2D eigenvalue weighted by Crippen LogP contribution is -1.97. The van der Waals surface area contributed by atoms with Crippen molar-refractivity contribution in [3.8, 4) is 0 Å². The van der Waals surface area contributed by atoms with Gasteiger partial charge in [-0.25, -0.2) is 4.99 Å². The second kappa shape index (κ2) is 10.0. The molecule has 0 unspecified atom stereocenters. The smallest absolute Gasteiger partial charge is 0.105 e. The lowest BCUT2D eigenvalue weighted by molar-refractivity contribution is 1.18. The highest BCUT2D eigenvalue weighted by molar-refractivity contribution is 8.14. The Morgan fingerprint density at radius 3 is 1.88 bits per heavy atom. The van der Waals surface area contributed by atoms with E-state index in [0.717, 1.165) is 17.2 Å². The molecular weight excluding hydrogens is 354 g/mol. The summed E-state index contributed by atoms with van der Waals surface area (Å²) >= 11 is 3.47. The quantitative estimate of drug-likeness (QED) is 0.250. The Kier molecular flexibility index (Phi) is 7.17. The van der Waals surface area contributed by atoms with Crippen LogP contribution >= 0.6 is 23.5 Å².